The molecular formula is C18H27N3O2. The van der Waals surface area contributed by atoms with Gasteiger partial charge in [-0.25, -0.2) is 4.79 Å². The fourth-order valence-electron chi connectivity index (χ4n) is 2.30. The standard InChI is InChI=1S/C18H27N3O2/c1-13(2)8-17(22)19-11-15-4-3-5-16(9-15)12-21-18(23)20-10-14-6-7-14/h3-5,9,13-14H,6-8,10-12H2,1-2H3,(H,19,22)(H2,20,21,23). The monoisotopic (exact) mass is 317 g/mol. The van der Waals surface area contributed by atoms with Crippen molar-refractivity contribution in [2.75, 3.05) is 6.54 Å². The lowest BCUT2D eigenvalue weighted by Crippen LogP contribution is -2.36. The third-order valence-corrected chi connectivity index (χ3v) is 3.78. The van der Waals surface area contributed by atoms with Gasteiger partial charge in [0, 0.05) is 26.1 Å². The van der Waals surface area contributed by atoms with E-state index in [0.29, 0.717) is 31.3 Å². The molecule has 3 N–H and O–H groups in total. The van der Waals surface area contributed by atoms with Gasteiger partial charge in [0.05, 0.1) is 0 Å². The molecule has 0 spiro atoms. The minimum Gasteiger partial charge on any atom is -0.352 e. The molecule has 0 aromatic heterocycles. The van der Waals surface area contributed by atoms with Crippen LogP contribution in [0.3, 0.4) is 0 Å². The van der Waals surface area contributed by atoms with Crippen molar-refractivity contribution in [2.45, 2.75) is 46.2 Å². The highest BCUT2D eigenvalue weighted by atomic mass is 16.2. The van der Waals surface area contributed by atoms with Crippen molar-refractivity contribution in [1.29, 1.82) is 0 Å². The highest BCUT2D eigenvalue weighted by molar-refractivity contribution is 5.76. The molecule has 3 amide bonds. The Morgan fingerprint density at radius 3 is 2.35 bits per heavy atom. The Balaban J connectivity index is 1.72. The summed E-state index contributed by atoms with van der Waals surface area (Å²) >= 11 is 0. The third-order valence-electron chi connectivity index (χ3n) is 3.78. The molecular weight excluding hydrogens is 290 g/mol. The summed E-state index contributed by atoms with van der Waals surface area (Å²) in [6.45, 7) is 5.84. The van der Waals surface area contributed by atoms with Crippen molar-refractivity contribution in [2.24, 2.45) is 11.8 Å². The van der Waals surface area contributed by atoms with Crippen LogP contribution in [0, 0.1) is 11.8 Å². The van der Waals surface area contributed by atoms with Crippen molar-refractivity contribution >= 4 is 11.9 Å². The first-order valence-corrected chi connectivity index (χ1v) is 8.39. The Morgan fingerprint density at radius 1 is 1.09 bits per heavy atom. The number of amides is 3. The summed E-state index contributed by atoms with van der Waals surface area (Å²) in [6.07, 6.45) is 3.00. The van der Waals surface area contributed by atoms with Crippen molar-refractivity contribution < 1.29 is 9.59 Å². The van der Waals surface area contributed by atoms with Gasteiger partial charge >= 0.3 is 6.03 Å². The molecule has 0 saturated heterocycles. The highest BCUT2D eigenvalue weighted by Crippen LogP contribution is 2.27. The summed E-state index contributed by atoms with van der Waals surface area (Å²) in [4.78, 5) is 23.4. The maximum atomic E-state index is 11.7. The van der Waals surface area contributed by atoms with Crippen LogP contribution in [0.15, 0.2) is 24.3 Å². The van der Waals surface area contributed by atoms with E-state index in [9.17, 15) is 9.59 Å². The van der Waals surface area contributed by atoms with Crippen LogP contribution in [0.1, 0.15) is 44.2 Å². The molecule has 0 atom stereocenters. The summed E-state index contributed by atoms with van der Waals surface area (Å²) < 4.78 is 0. The van der Waals surface area contributed by atoms with E-state index in [2.05, 4.69) is 16.0 Å². The van der Waals surface area contributed by atoms with Crippen LogP contribution in [0.2, 0.25) is 0 Å². The van der Waals surface area contributed by atoms with E-state index in [1.807, 2.05) is 38.1 Å². The van der Waals surface area contributed by atoms with Gasteiger partial charge in [-0.15, -0.1) is 0 Å². The molecule has 0 bridgehead atoms. The fourth-order valence-corrected chi connectivity index (χ4v) is 2.30. The summed E-state index contributed by atoms with van der Waals surface area (Å²) in [5.41, 5.74) is 2.07. The lowest BCUT2D eigenvalue weighted by atomic mass is 10.1. The van der Waals surface area contributed by atoms with Crippen LogP contribution in [0.25, 0.3) is 0 Å². The van der Waals surface area contributed by atoms with Crippen LogP contribution < -0.4 is 16.0 Å². The van der Waals surface area contributed by atoms with Gasteiger partial charge in [-0.05, 0) is 35.8 Å². The van der Waals surface area contributed by atoms with Crippen molar-refractivity contribution in [3.8, 4) is 0 Å². The molecule has 1 saturated carbocycles. The van der Waals surface area contributed by atoms with Gasteiger partial charge in [0.15, 0.2) is 0 Å². The average molecular weight is 317 g/mol. The zero-order valence-corrected chi connectivity index (χ0v) is 14.0. The second kappa shape index (κ2) is 8.56. The molecule has 0 heterocycles. The van der Waals surface area contributed by atoms with Gasteiger partial charge in [-0.3, -0.25) is 4.79 Å². The number of carbonyl (C=O) groups is 2. The van der Waals surface area contributed by atoms with Gasteiger partial charge in [0.25, 0.3) is 0 Å². The van der Waals surface area contributed by atoms with E-state index >= 15 is 0 Å². The molecule has 0 radical (unpaired) electrons. The number of hydrogen-bond donors (Lipinski definition) is 3. The van der Waals surface area contributed by atoms with E-state index in [1.54, 1.807) is 0 Å². The molecule has 23 heavy (non-hydrogen) atoms. The third kappa shape index (κ3) is 7.17. The first-order chi connectivity index (χ1) is 11.0. The molecule has 0 unspecified atom stereocenters. The molecule has 1 fully saturated rings. The lowest BCUT2D eigenvalue weighted by molar-refractivity contribution is -0.121. The zero-order chi connectivity index (χ0) is 16.7. The zero-order valence-electron chi connectivity index (χ0n) is 14.0. The largest absolute Gasteiger partial charge is 0.352 e. The van der Waals surface area contributed by atoms with Crippen LogP contribution >= 0.6 is 0 Å². The molecule has 126 valence electrons. The maximum Gasteiger partial charge on any atom is 0.315 e. The summed E-state index contributed by atoms with van der Waals surface area (Å²) in [6, 6.07) is 7.79. The normalized spacial score (nSPS) is 13.7. The van der Waals surface area contributed by atoms with Crippen molar-refractivity contribution in [3.05, 3.63) is 35.4 Å². The van der Waals surface area contributed by atoms with Gasteiger partial charge in [0.2, 0.25) is 5.91 Å². The molecule has 2 rings (SSSR count). The number of urea groups is 1. The Hall–Kier alpha value is -2.04. The number of nitrogens with one attached hydrogen (secondary N) is 3. The van der Waals surface area contributed by atoms with Crippen molar-refractivity contribution in [1.82, 2.24) is 16.0 Å². The van der Waals surface area contributed by atoms with Gasteiger partial charge in [0.1, 0.15) is 0 Å². The smallest absolute Gasteiger partial charge is 0.315 e. The molecule has 1 aromatic rings. The van der Waals surface area contributed by atoms with E-state index in [-0.39, 0.29) is 11.9 Å². The molecule has 1 aromatic carbocycles. The quantitative estimate of drug-likeness (QED) is 0.689. The van der Waals surface area contributed by atoms with Crippen LogP contribution in [0.5, 0.6) is 0 Å². The Labute approximate surface area is 138 Å². The first kappa shape index (κ1) is 17.3. The van der Waals surface area contributed by atoms with E-state index in [1.165, 1.54) is 12.8 Å². The number of rotatable bonds is 8. The SMILES string of the molecule is CC(C)CC(=O)NCc1cccc(CNC(=O)NCC2CC2)c1. The van der Waals surface area contributed by atoms with E-state index in [4.69, 9.17) is 0 Å². The molecule has 1 aliphatic rings. The Morgan fingerprint density at radius 2 is 1.74 bits per heavy atom. The highest BCUT2D eigenvalue weighted by Gasteiger charge is 2.21. The minimum absolute atomic E-state index is 0.0722. The van der Waals surface area contributed by atoms with Gasteiger partial charge < -0.3 is 16.0 Å². The second-order valence-corrected chi connectivity index (χ2v) is 6.70. The summed E-state index contributed by atoms with van der Waals surface area (Å²) in [5.74, 6) is 1.11. The number of benzene rings is 1. The number of hydrogen-bond acceptors (Lipinski definition) is 2. The number of carbonyl (C=O) groups excluding carboxylic acids is 2. The first-order valence-electron chi connectivity index (χ1n) is 8.39. The topological polar surface area (TPSA) is 70.2 Å². The summed E-state index contributed by atoms with van der Waals surface area (Å²) in [5, 5.41) is 8.67. The molecule has 0 aliphatic heterocycles. The molecule has 5 nitrogen and oxygen atoms in total. The minimum atomic E-state index is -0.118. The Kier molecular flexibility index (Phi) is 6.44. The second-order valence-electron chi connectivity index (χ2n) is 6.70. The van der Waals surface area contributed by atoms with Crippen LogP contribution in [-0.4, -0.2) is 18.5 Å². The predicted molar refractivity (Wildman–Crippen MR) is 90.7 cm³/mol. The Bertz CT molecular complexity index is 539. The van der Waals surface area contributed by atoms with Crippen molar-refractivity contribution in [3.63, 3.8) is 0 Å². The predicted octanol–water partition coefficient (Wildman–Crippen LogP) is 2.56. The van der Waals surface area contributed by atoms with Gasteiger partial charge in [-0.1, -0.05) is 38.1 Å². The maximum absolute atomic E-state index is 11.7. The fraction of sp³-hybridized carbons (Fsp3) is 0.556. The lowest BCUT2D eigenvalue weighted by Gasteiger charge is -2.10. The van der Waals surface area contributed by atoms with Crippen LogP contribution in [0.4, 0.5) is 4.79 Å². The molecule has 1 aliphatic carbocycles. The summed E-state index contributed by atoms with van der Waals surface area (Å²) in [7, 11) is 0. The van der Waals surface area contributed by atoms with Gasteiger partial charge in [-0.2, -0.15) is 0 Å². The van der Waals surface area contributed by atoms with Crippen LogP contribution in [-0.2, 0) is 17.9 Å². The van der Waals surface area contributed by atoms with E-state index < -0.39 is 0 Å². The molecule has 5 heteroatoms. The van der Waals surface area contributed by atoms with E-state index in [0.717, 1.165) is 17.7 Å². The average Bonchev–Trinajstić information content (AvgIpc) is 3.33.